The third-order valence-electron chi connectivity index (χ3n) is 3.62. The summed E-state index contributed by atoms with van der Waals surface area (Å²) in [4.78, 5) is 13.7. The van der Waals surface area contributed by atoms with Crippen LogP contribution in [0.5, 0.6) is 0 Å². The summed E-state index contributed by atoms with van der Waals surface area (Å²) in [7, 11) is 3.49. The summed E-state index contributed by atoms with van der Waals surface area (Å²) in [5.74, 6) is 0.566. The molecule has 0 aromatic carbocycles. The molecule has 94 valence electrons. The van der Waals surface area contributed by atoms with E-state index in [9.17, 15) is 4.79 Å². The van der Waals surface area contributed by atoms with Gasteiger partial charge in [-0.15, -0.1) is 0 Å². The SMILES string of the molecule is COCC(C)N(C)C(=O)C[C@@H]1CCC[C@H]1N. The Labute approximate surface area is 98.1 Å². The number of rotatable bonds is 5. The van der Waals surface area contributed by atoms with Crippen molar-refractivity contribution in [1.82, 2.24) is 4.90 Å². The minimum Gasteiger partial charge on any atom is -0.383 e. The largest absolute Gasteiger partial charge is 0.383 e. The van der Waals surface area contributed by atoms with Crippen LogP contribution in [0.3, 0.4) is 0 Å². The Morgan fingerprint density at radius 2 is 2.25 bits per heavy atom. The van der Waals surface area contributed by atoms with Gasteiger partial charge in [-0.2, -0.15) is 0 Å². The van der Waals surface area contributed by atoms with Gasteiger partial charge in [-0.25, -0.2) is 0 Å². The number of hydrogen-bond donors (Lipinski definition) is 1. The van der Waals surface area contributed by atoms with Crippen molar-refractivity contribution in [1.29, 1.82) is 0 Å². The zero-order valence-electron chi connectivity index (χ0n) is 10.6. The summed E-state index contributed by atoms with van der Waals surface area (Å²) < 4.78 is 5.05. The number of hydrogen-bond acceptors (Lipinski definition) is 3. The molecule has 0 radical (unpaired) electrons. The van der Waals surface area contributed by atoms with E-state index in [0.29, 0.717) is 18.9 Å². The van der Waals surface area contributed by atoms with Crippen LogP contribution in [-0.2, 0) is 9.53 Å². The van der Waals surface area contributed by atoms with E-state index in [2.05, 4.69) is 0 Å². The average molecular weight is 228 g/mol. The van der Waals surface area contributed by atoms with Crippen molar-refractivity contribution in [3.8, 4) is 0 Å². The number of nitrogens with zero attached hydrogens (tertiary/aromatic N) is 1. The van der Waals surface area contributed by atoms with Crippen LogP contribution in [0.25, 0.3) is 0 Å². The first-order valence-corrected chi connectivity index (χ1v) is 6.06. The van der Waals surface area contributed by atoms with E-state index in [1.165, 1.54) is 0 Å². The van der Waals surface area contributed by atoms with Gasteiger partial charge in [0.1, 0.15) is 0 Å². The molecule has 3 atom stereocenters. The lowest BCUT2D eigenvalue weighted by atomic mass is 9.99. The number of carbonyl (C=O) groups is 1. The van der Waals surface area contributed by atoms with Crippen molar-refractivity contribution in [2.75, 3.05) is 20.8 Å². The van der Waals surface area contributed by atoms with E-state index >= 15 is 0 Å². The van der Waals surface area contributed by atoms with Gasteiger partial charge in [-0.1, -0.05) is 6.42 Å². The molecule has 1 fully saturated rings. The van der Waals surface area contributed by atoms with Crippen LogP contribution in [0.4, 0.5) is 0 Å². The minimum atomic E-state index is 0.134. The topological polar surface area (TPSA) is 55.6 Å². The van der Waals surface area contributed by atoms with Crippen LogP contribution in [0.15, 0.2) is 0 Å². The molecule has 0 aromatic heterocycles. The summed E-state index contributed by atoms with van der Waals surface area (Å²) in [5.41, 5.74) is 5.97. The molecular formula is C12H24N2O2. The van der Waals surface area contributed by atoms with Gasteiger partial charge in [-0.05, 0) is 25.7 Å². The Balaban J connectivity index is 2.38. The quantitative estimate of drug-likeness (QED) is 0.763. The number of ether oxygens (including phenoxy) is 1. The van der Waals surface area contributed by atoms with Crippen LogP contribution < -0.4 is 5.73 Å². The molecule has 4 heteroatoms. The molecule has 1 unspecified atom stereocenters. The second-order valence-electron chi connectivity index (χ2n) is 4.87. The highest BCUT2D eigenvalue weighted by atomic mass is 16.5. The monoisotopic (exact) mass is 228 g/mol. The molecule has 0 aliphatic heterocycles. The van der Waals surface area contributed by atoms with E-state index < -0.39 is 0 Å². The van der Waals surface area contributed by atoms with Crippen molar-refractivity contribution in [2.45, 2.75) is 44.7 Å². The molecule has 1 rings (SSSR count). The lowest BCUT2D eigenvalue weighted by molar-refractivity contribution is -0.133. The van der Waals surface area contributed by atoms with Gasteiger partial charge in [0.25, 0.3) is 0 Å². The molecule has 1 aliphatic rings. The summed E-state index contributed by atoms with van der Waals surface area (Å²) in [6.45, 7) is 2.58. The fourth-order valence-electron chi connectivity index (χ4n) is 2.29. The van der Waals surface area contributed by atoms with E-state index in [1.807, 2.05) is 14.0 Å². The Hall–Kier alpha value is -0.610. The first kappa shape index (κ1) is 13.5. The first-order valence-electron chi connectivity index (χ1n) is 6.06. The van der Waals surface area contributed by atoms with Crippen molar-refractivity contribution in [3.05, 3.63) is 0 Å². The van der Waals surface area contributed by atoms with Crippen molar-refractivity contribution in [3.63, 3.8) is 0 Å². The minimum absolute atomic E-state index is 0.134. The maximum Gasteiger partial charge on any atom is 0.222 e. The number of likely N-dealkylation sites (N-methyl/N-ethyl adjacent to an activating group) is 1. The highest BCUT2D eigenvalue weighted by Gasteiger charge is 2.28. The Morgan fingerprint density at radius 3 is 2.75 bits per heavy atom. The Morgan fingerprint density at radius 1 is 1.56 bits per heavy atom. The summed E-state index contributed by atoms with van der Waals surface area (Å²) in [6.07, 6.45) is 3.91. The third kappa shape index (κ3) is 3.46. The molecular weight excluding hydrogens is 204 g/mol. The average Bonchev–Trinajstić information content (AvgIpc) is 2.63. The molecule has 1 amide bonds. The zero-order valence-corrected chi connectivity index (χ0v) is 10.6. The number of carbonyl (C=O) groups excluding carboxylic acids is 1. The van der Waals surface area contributed by atoms with E-state index in [0.717, 1.165) is 19.3 Å². The van der Waals surface area contributed by atoms with Gasteiger partial charge in [0, 0.05) is 26.6 Å². The van der Waals surface area contributed by atoms with Gasteiger partial charge in [-0.3, -0.25) is 4.79 Å². The van der Waals surface area contributed by atoms with Gasteiger partial charge < -0.3 is 15.4 Å². The molecule has 4 nitrogen and oxygen atoms in total. The standard InChI is InChI=1S/C12H24N2O2/c1-9(8-16-3)14(2)12(15)7-10-5-4-6-11(10)13/h9-11H,4-8,13H2,1-3H3/t9?,10-,11+/m0/s1. The van der Waals surface area contributed by atoms with Crippen molar-refractivity contribution >= 4 is 5.91 Å². The second kappa shape index (κ2) is 6.21. The maximum atomic E-state index is 12.0. The smallest absolute Gasteiger partial charge is 0.222 e. The predicted molar refractivity (Wildman–Crippen MR) is 64.0 cm³/mol. The highest BCUT2D eigenvalue weighted by Crippen LogP contribution is 2.27. The molecule has 0 heterocycles. The van der Waals surface area contributed by atoms with Crippen molar-refractivity contribution in [2.24, 2.45) is 11.7 Å². The Bertz CT molecular complexity index is 233. The third-order valence-corrected chi connectivity index (χ3v) is 3.62. The fraction of sp³-hybridized carbons (Fsp3) is 0.917. The van der Waals surface area contributed by atoms with Gasteiger partial charge >= 0.3 is 0 Å². The first-order chi connectivity index (χ1) is 7.56. The molecule has 1 aliphatic carbocycles. The molecule has 1 saturated carbocycles. The summed E-state index contributed by atoms with van der Waals surface area (Å²) >= 11 is 0. The number of nitrogens with two attached hydrogens (primary N) is 1. The number of amides is 1. The number of methoxy groups -OCH3 is 1. The lowest BCUT2D eigenvalue weighted by Gasteiger charge is -2.26. The predicted octanol–water partition coefficient (Wildman–Crippen LogP) is 0.997. The van der Waals surface area contributed by atoms with Crippen LogP contribution in [-0.4, -0.2) is 43.7 Å². The molecule has 0 saturated heterocycles. The lowest BCUT2D eigenvalue weighted by Crippen LogP contribution is -2.40. The van der Waals surface area contributed by atoms with Gasteiger partial charge in [0.05, 0.1) is 12.6 Å². The highest BCUT2D eigenvalue weighted by molar-refractivity contribution is 5.76. The fourth-order valence-corrected chi connectivity index (χ4v) is 2.29. The van der Waals surface area contributed by atoms with Gasteiger partial charge in [0.15, 0.2) is 0 Å². The normalized spacial score (nSPS) is 26.8. The molecule has 0 spiro atoms. The molecule has 16 heavy (non-hydrogen) atoms. The molecule has 0 aromatic rings. The van der Waals surface area contributed by atoms with Crippen molar-refractivity contribution < 1.29 is 9.53 Å². The van der Waals surface area contributed by atoms with E-state index in [-0.39, 0.29) is 18.0 Å². The Kier molecular flexibility index (Phi) is 5.22. The summed E-state index contributed by atoms with van der Waals surface area (Å²) in [6, 6.07) is 0.352. The molecule has 2 N–H and O–H groups in total. The van der Waals surface area contributed by atoms with E-state index in [4.69, 9.17) is 10.5 Å². The van der Waals surface area contributed by atoms with Gasteiger partial charge in [0.2, 0.25) is 5.91 Å². The van der Waals surface area contributed by atoms with E-state index in [1.54, 1.807) is 12.0 Å². The molecule has 0 bridgehead atoms. The van der Waals surface area contributed by atoms with Crippen LogP contribution >= 0.6 is 0 Å². The van der Waals surface area contributed by atoms with Crippen LogP contribution in [0.1, 0.15) is 32.6 Å². The van der Waals surface area contributed by atoms with Crippen LogP contribution in [0, 0.1) is 5.92 Å². The zero-order chi connectivity index (χ0) is 12.1. The van der Waals surface area contributed by atoms with Crippen LogP contribution in [0.2, 0.25) is 0 Å². The summed E-state index contributed by atoms with van der Waals surface area (Å²) in [5, 5.41) is 0. The second-order valence-corrected chi connectivity index (χ2v) is 4.87. The maximum absolute atomic E-state index is 12.0.